The lowest BCUT2D eigenvalue weighted by atomic mass is 10.1. The van der Waals surface area contributed by atoms with Gasteiger partial charge in [-0.15, -0.1) is 0 Å². The Labute approximate surface area is 191 Å². The molecule has 0 spiro atoms. The van der Waals surface area contributed by atoms with Crippen LogP contribution >= 0.6 is 11.3 Å². The minimum absolute atomic E-state index is 0.185. The van der Waals surface area contributed by atoms with E-state index in [0.717, 1.165) is 29.5 Å². The Kier molecular flexibility index (Phi) is 5.31. The highest BCUT2D eigenvalue weighted by atomic mass is 32.2. The Morgan fingerprint density at radius 3 is 2.61 bits per heavy atom. The fraction of sp³-hybridized carbons (Fsp3) is 0. The first-order valence-electron chi connectivity index (χ1n) is 9.62. The van der Waals surface area contributed by atoms with Crippen molar-refractivity contribution in [2.45, 2.75) is 4.90 Å². The number of hydrogen-bond donors (Lipinski definition) is 1. The average molecular weight is 481 g/mol. The number of hydrogen-bond acceptors (Lipinski definition) is 6. The number of rotatable bonds is 5. The predicted molar refractivity (Wildman–Crippen MR) is 123 cm³/mol. The number of pyridine rings is 3. The lowest BCUT2D eigenvalue weighted by Gasteiger charge is -2.10. The first-order chi connectivity index (χ1) is 15.9. The SMILES string of the molecule is O=S(=O)(Nc1ccc(F)cc1F)c1cncc(-c2ccc3nccc(-c4ccsc4)c3n2)c1. The second kappa shape index (κ2) is 8.30. The molecule has 4 heterocycles. The summed E-state index contributed by atoms with van der Waals surface area (Å²) in [4.78, 5) is 12.9. The zero-order valence-corrected chi connectivity index (χ0v) is 18.4. The fourth-order valence-corrected chi connectivity index (χ4v) is 5.03. The van der Waals surface area contributed by atoms with Gasteiger partial charge in [-0.3, -0.25) is 14.7 Å². The van der Waals surface area contributed by atoms with E-state index >= 15 is 0 Å². The van der Waals surface area contributed by atoms with Crippen LogP contribution in [0.2, 0.25) is 0 Å². The molecule has 0 aliphatic heterocycles. The van der Waals surface area contributed by atoms with Crippen LogP contribution in [-0.4, -0.2) is 23.4 Å². The monoisotopic (exact) mass is 480 g/mol. The third-order valence-electron chi connectivity index (χ3n) is 4.91. The molecule has 6 nitrogen and oxygen atoms in total. The minimum atomic E-state index is -4.18. The Bertz CT molecular complexity index is 1590. The smallest absolute Gasteiger partial charge is 0.263 e. The lowest BCUT2D eigenvalue weighted by molar-refractivity contribution is 0.582. The van der Waals surface area contributed by atoms with Crippen LogP contribution in [-0.2, 0) is 10.0 Å². The number of halogens is 2. The molecular weight excluding hydrogens is 466 g/mol. The Morgan fingerprint density at radius 2 is 1.82 bits per heavy atom. The summed E-state index contributed by atoms with van der Waals surface area (Å²) in [5.41, 5.74) is 3.90. The van der Waals surface area contributed by atoms with Crippen LogP contribution < -0.4 is 4.72 Å². The number of anilines is 1. The number of aromatic nitrogens is 3. The van der Waals surface area contributed by atoms with E-state index in [4.69, 9.17) is 4.98 Å². The van der Waals surface area contributed by atoms with Crippen LogP contribution in [0.25, 0.3) is 33.4 Å². The van der Waals surface area contributed by atoms with E-state index < -0.39 is 21.7 Å². The van der Waals surface area contributed by atoms with Gasteiger partial charge < -0.3 is 0 Å². The fourth-order valence-electron chi connectivity index (χ4n) is 3.32. The van der Waals surface area contributed by atoms with E-state index in [0.29, 0.717) is 28.4 Å². The van der Waals surface area contributed by atoms with Crippen LogP contribution in [0.3, 0.4) is 0 Å². The molecule has 4 aromatic heterocycles. The zero-order chi connectivity index (χ0) is 23.0. The molecule has 5 rings (SSSR count). The summed E-state index contributed by atoms with van der Waals surface area (Å²) in [6.45, 7) is 0. The van der Waals surface area contributed by atoms with Gasteiger partial charge >= 0.3 is 0 Å². The normalized spacial score (nSPS) is 11.6. The molecular formula is C23H14F2N4O2S2. The molecule has 10 heteroatoms. The second-order valence-electron chi connectivity index (χ2n) is 7.07. The van der Waals surface area contributed by atoms with Crippen molar-refractivity contribution >= 4 is 38.1 Å². The summed E-state index contributed by atoms with van der Waals surface area (Å²) in [5.74, 6) is -1.83. The third-order valence-corrected chi connectivity index (χ3v) is 6.93. The highest BCUT2D eigenvalue weighted by molar-refractivity contribution is 7.92. The molecule has 0 saturated heterocycles. The minimum Gasteiger partial charge on any atom is -0.277 e. The average Bonchev–Trinajstić information content (AvgIpc) is 3.35. The van der Waals surface area contributed by atoms with Gasteiger partial charge in [0, 0.05) is 35.8 Å². The molecule has 1 N–H and O–H groups in total. The van der Waals surface area contributed by atoms with Crippen molar-refractivity contribution in [1.82, 2.24) is 15.0 Å². The Morgan fingerprint density at radius 1 is 0.939 bits per heavy atom. The van der Waals surface area contributed by atoms with E-state index in [1.54, 1.807) is 29.7 Å². The van der Waals surface area contributed by atoms with Gasteiger partial charge in [-0.05, 0) is 58.8 Å². The maximum absolute atomic E-state index is 13.9. The maximum atomic E-state index is 13.9. The van der Waals surface area contributed by atoms with Gasteiger partial charge in [0.15, 0.2) is 0 Å². The zero-order valence-electron chi connectivity index (χ0n) is 16.7. The number of thiophene rings is 1. The first kappa shape index (κ1) is 21.1. The number of nitrogens with zero attached hydrogens (tertiary/aromatic N) is 3. The predicted octanol–water partition coefficient (Wildman–Crippen LogP) is 5.50. The molecule has 0 aliphatic rings. The van der Waals surface area contributed by atoms with Crippen molar-refractivity contribution in [2.75, 3.05) is 4.72 Å². The number of benzene rings is 1. The van der Waals surface area contributed by atoms with Gasteiger partial charge in [0.1, 0.15) is 16.5 Å². The molecule has 33 heavy (non-hydrogen) atoms. The van der Waals surface area contributed by atoms with Gasteiger partial charge in [0.25, 0.3) is 10.0 Å². The van der Waals surface area contributed by atoms with Crippen molar-refractivity contribution in [3.63, 3.8) is 0 Å². The van der Waals surface area contributed by atoms with Gasteiger partial charge in [-0.25, -0.2) is 22.2 Å². The van der Waals surface area contributed by atoms with Gasteiger partial charge in [-0.2, -0.15) is 11.3 Å². The molecule has 5 aromatic rings. The second-order valence-corrected chi connectivity index (χ2v) is 9.54. The quantitative estimate of drug-likeness (QED) is 0.359. The Balaban J connectivity index is 1.54. The highest BCUT2D eigenvalue weighted by Gasteiger charge is 2.19. The van der Waals surface area contributed by atoms with Crippen molar-refractivity contribution in [1.29, 1.82) is 0 Å². The van der Waals surface area contributed by atoms with Gasteiger partial charge in [-0.1, -0.05) is 0 Å². The number of sulfonamides is 1. The van der Waals surface area contributed by atoms with Crippen molar-refractivity contribution < 1.29 is 17.2 Å². The molecule has 1 aromatic carbocycles. The van der Waals surface area contributed by atoms with E-state index in [2.05, 4.69) is 14.7 Å². The molecule has 0 bridgehead atoms. The van der Waals surface area contributed by atoms with Crippen LogP contribution in [0.1, 0.15) is 0 Å². The van der Waals surface area contributed by atoms with E-state index in [-0.39, 0.29) is 10.6 Å². The van der Waals surface area contributed by atoms with Gasteiger partial charge in [0.2, 0.25) is 0 Å². The summed E-state index contributed by atoms with van der Waals surface area (Å²) in [7, 11) is -4.18. The van der Waals surface area contributed by atoms with Crippen molar-refractivity contribution in [2.24, 2.45) is 0 Å². The number of nitrogens with one attached hydrogen (secondary N) is 1. The van der Waals surface area contributed by atoms with Crippen LogP contribution in [0.15, 0.2) is 82.8 Å². The molecule has 0 atom stereocenters. The molecule has 164 valence electrons. The van der Waals surface area contributed by atoms with Crippen molar-refractivity contribution in [3.05, 3.63) is 89.5 Å². The number of fused-ring (bicyclic) bond motifs is 1. The summed E-state index contributed by atoms with van der Waals surface area (Å²) < 4.78 is 54.8. The summed E-state index contributed by atoms with van der Waals surface area (Å²) in [6, 6.07) is 11.4. The highest BCUT2D eigenvalue weighted by Crippen LogP contribution is 2.30. The Hall–Kier alpha value is -3.76. The van der Waals surface area contributed by atoms with Crippen molar-refractivity contribution in [3.8, 4) is 22.4 Å². The van der Waals surface area contributed by atoms with E-state index in [9.17, 15) is 17.2 Å². The molecule has 0 radical (unpaired) electrons. The topological polar surface area (TPSA) is 84.8 Å². The molecule has 0 fully saturated rings. The van der Waals surface area contributed by atoms with E-state index in [1.165, 1.54) is 12.3 Å². The largest absolute Gasteiger partial charge is 0.277 e. The van der Waals surface area contributed by atoms with Crippen LogP contribution in [0.4, 0.5) is 14.5 Å². The maximum Gasteiger partial charge on any atom is 0.263 e. The molecule has 0 amide bonds. The van der Waals surface area contributed by atoms with Crippen LogP contribution in [0.5, 0.6) is 0 Å². The summed E-state index contributed by atoms with van der Waals surface area (Å²) in [6.07, 6.45) is 4.35. The van der Waals surface area contributed by atoms with Gasteiger partial charge in [0.05, 0.1) is 22.4 Å². The van der Waals surface area contributed by atoms with E-state index in [1.807, 2.05) is 22.9 Å². The van der Waals surface area contributed by atoms with Crippen LogP contribution in [0, 0.1) is 11.6 Å². The first-order valence-corrected chi connectivity index (χ1v) is 12.0. The summed E-state index contributed by atoms with van der Waals surface area (Å²) >= 11 is 1.57. The molecule has 0 unspecified atom stereocenters. The molecule has 0 saturated carbocycles. The third kappa shape index (κ3) is 4.18. The lowest BCUT2D eigenvalue weighted by Crippen LogP contribution is -2.14. The standard InChI is InChI=1S/C23H14F2N4O2S2/c24-16-1-2-21(19(25)10-16)29-33(30,31)17-9-15(11-26-12-17)20-3-4-22-23(28-20)18(5-7-27-22)14-6-8-32-13-14/h1-13,29H. The summed E-state index contributed by atoms with van der Waals surface area (Å²) in [5, 5.41) is 3.98. The molecule has 0 aliphatic carbocycles.